The highest BCUT2D eigenvalue weighted by Gasteiger charge is 2.32. The first kappa shape index (κ1) is 15.2. The van der Waals surface area contributed by atoms with Gasteiger partial charge in [0.2, 0.25) is 0 Å². The van der Waals surface area contributed by atoms with Gasteiger partial charge >= 0.3 is 0 Å². The van der Waals surface area contributed by atoms with Crippen molar-refractivity contribution in [3.8, 4) is 0 Å². The molecule has 0 aliphatic carbocycles. The second-order valence-corrected chi connectivity index (χ2v) is 6.41. The minimum Gasteiger partial charge on any atom is -0.233 e. The summed E-state index contributed by atoms with van der Waals surface area (Å²) in [5.74, 6) is 0. The van der Waals surface area contributed by atoms with Crippen molar-refractivity contribution in [2.75, 3.05) is 0 Å². The van der Waals surface area contributed by atoms with Gasteiger partial charge in [0.15, 0.2) is 0 Å². The topological polar surface area (TPSA) is 18.5 Å². The zero-order valence-corrected chi connectivity index (χ0v) is 12.5. The summed E-state index contributed by atoms with van der Waals surface area (Å²) >= 11 is 0. The van der Waals surface area contributed by atoms with E-state index in [9.17, 15) is 0 Å². The van der Waals surface area contributed by atoms with Gasteiger partial charge in [-0.15, -0.1) is 0 Å². The Bertz CT molecular complexity index is 353. The molecule has 102 valence electrons. The number of benzene rings is 1. The van der Waals surface area contributed by atoms with Crippen LogP contribution in [-0.2, 0) is 15.2 Å². The highest BCUT2D eigenvalue weighted by atomic mass is 17.2. The van der Waals surface area contributed by atoms with Crippen LogP contribution in [0.5, 0.6) is 0 Å². The average molecular weight is 250 g/mol. The molecule has 1 aromatic carbocycles. The molecule has 0 aliphatic heterocycles. The molecule has 2 heteroatoms. The molecule has 0 unspecified atom stereocenters. The van der Waals surface area contributed by atoms with Crippen LogP contribution >= 0.6 is 0 Å². The highest BCUT2D eigenvalue weighted by molar-refractivity contribution is 5.23. The molecule has 0 aromatic heterocycles. The first-order valence-electron chi connectivity index (χ1n) is 6.63. The van der Waals surface area contributed by atoms with Crippen LogP contribution in [0, 0.1) is 0 Å². The van der Waals surface area contributed by atoms with E-state index in [2.05, 4.69) is 52.0 Å². The first-order chi connectivity index (χ1) is 8.23. The number of rotatable bonds is 6. The zero-order valence-electron chi connectivity index (χ0n) is 12.5. The molecular weight excluding hydrogens is 224 g/mol. The Morgan fingerprint density at radius 1 is 1.00 bits per heavy atom. The van der Waals surface area contributed by atoms with Crippen LogP contribution in [0.15, 0.2) is 30.3 Å². The molecule has 0 heterocycles. The minimum absolute atomic E-state index is 0.0606. The largest absolute Gasteiger partial charge is 0.233 e. The molecule has 18 heavy (non-hydrogen) atoms. The smallest absolute Gasteiger partial charge is 0.0988 e. The summed E-state index contributed by atoms with van der Waals surface area (Å²) in [6, 6.07) is 10.5. The van der Waals surface area contributed by atoms with Crippen LogP contribution in [0.1, 0.15) is 53.5 Å². The van der Waals surface area contributed by atoms with E-state index >= 15 is 0 Å². The lowest BCUT2D eigenvalue weighted by molar-refractivity contribution is -0.374. The van der Waals surface area contributed by atoms with E-state index in [0.717, 1.165) is 6.42 Å². The fourth-order valence-electron chi connectivity index (χ4n) is 2.31. The lowest BCUT2D eigenvalue weighted by atomic mass is 9.76. The van der Waals surface area contributed by atoms with Crippen LogP contribution in [0.25, 0.3) is 0 Å². The third-order valence-electron chi connectivity index (χ3n) is 2.89. The molecule has 0 N–H and O–H groups in total. The van der Waals surface area contributed by atoms with Crippen molar-refractivity contribution in [2.45, 2.75) is 65.1 Å². The summed E-state index contributed by atoms with van der Waals surface area (Å²) in [6.45, 7) is 12.6. The molecule has 0 atom stereocenters. The Hall–Kier alpha value is -0.860. The molecule has 0 spiro atoms. The molecule has 2 nitrogen and oxygen atoms in total. The Kier molecular flexibility index (Phi) is 4.94. The van der Waals surface area contributed by atoms with Gasteiger partial charge in [0.05, 0.1) is 11.7 Å². The predicted octanol–water partition coefficient (Wildman–Crippen LogP) is 4.49. The fraction of sp³-hybridized carbons (Fsp3) is 0.625. The summed E-state index contributed by atoms with van der Waals surface area (Å²) in [5, 5.41) is 0. The standard InChI is InChI=1S/C16H26O2/c1-13(2)17-18-16(5,6)12-15(3,4)14-10-8-7-9-11-14/h7-11,13H,12H2,1-6H3. The normalized spacial score (nSPS) is 13.1. The molecule has 1 rings (SSSR count). The maximum absolute atomic E-state index is 5.55. The van der Waals surface area contributed by atoms with Crippen LogP contribution in [0.2, 0.25) is 0 Å². The summed E-state index contributed by atoms with van der Waals surface area (Å²) in [5.41, 5.74) is 1.08. The molecule has 0 aliphatic rings. The molecule has 0 radical (unpaired) electrons. The van der Waals surface area contributed by atoms with Crippen molar-refractivity contribution in [1.82, 2.24) is 0 Å². The maximum atomic E-state index is 5.55. The molecule has 0 fully saturated rings. The molecule has 0 saturated heterocycles. The van der Waals surface area contributed by atoms with Crippen LogP contribution in [0.3, 0.4) is 0 Å². The van der Waals surface area contributed by atoms with Gasteiger partial charge in [-0.25, -0.2) is 9.78 Å². The van der Waals surface area contributed by atoms with Crippen molar-refractivity contribution < 1.29 is 9.78 Å². The monoisotopic (exact) mass is 250 g/mol. The lowest BCUT2D eigenvalue weighted by Gasteiger charge is -2.34. The molecule has 0 saturated carbocycles. The number of hydrogen-bond acceptors (Lipinski definition) is 2. The van der Waals surface area contributed by atoms with E-state index in [-0.39, 0.29) is 17.1 Å². The second-order valence-electron chi connectivity index (χ2n) is 6.41. The summed E-state index contributed by atoms with van der Waals surface area (Å²) in [6.07, 6.45) is 0.987. The number of hydrogen-bond donors (Lipinski definition) is 0. The van der Waals surface area contributed by atoms with Crippen LogP contribution < -0.4 is 0 Å². The van der Waals surface area contributed by atoms with E-state index in [0.29, 0.717) is 0 Å². The third-order valence-corrected chi connectivity index (χ3v) is 2.89. The summed E-state index contributed by atoms with van der Waals surface area (Å²) in [4.78, 5) is 10.8. The summed E-state index contributed by atoms with van der Waals surface area (Å²) in [7, 11) is 0. The molecule has 0 bridgehead atoms. The van der Waals surface area contributed by atoms with Gasteiger partial charge < -0.3 is 0 Å². The van der Waals surface area contributed by atoms with Gasteiger partial charge in [-0.3, -0.25) is 0 Å². The summed E-state index contributed by atoms with van der Waals surface area (Å²) < 4.78 is 0. The van der Waals surface area contributed by atoms with E-state index in [1.165, 1.54) is 5.56 Å². The first-order valence-corrected chi connectivity index (χ1v) is 6.63. The van der Waals surface area contributed by atoms with Crippen molar-refractivity contribution in [3.63, 3.8) is 0 Å². The van der Waals surface area contributed by atoms with Crippen molar-refractivity contribution in [3.05, 3.63) is 35.9 Å². The Labute approximate surface area is 111 Å². The van der Waals surface area contributed by atoms with Gasteiger partial charge in [0.25, 0.3) is 0 Å². The molecular formula is C16H26O2. The predicted molar refractivity (Wildman–Crippen MR) is 75.5 cm³/mol. The molecule has 0 amide bonds. The van der Waals surface area contributed by atoms with Gasteiger partial charge in [-0.1, -0.05) is 44.2 Å². The van der Waals surface area contributed by atoms with Crippen LogP contribution in [-0.4, -0.2) is 11.7 Å². The Morgan fingerprint density at radius 2 is 1.56 bits per heavy atom. The SMILES string of the molecule is CC(C)OOC(C)(C)CC(C)(C)c1ccccc1. The molecule has 1 aromatic rings. The lowest BCUT2D eigenvalue weighted by Crippen LogP contribution is -2.34. The second kappa shape index (κ2) is 5.85. The fourth-order valence-corrected chi connectivity index (χ4v) is 2.31. The minimum atomic E-state index is -0.302. The highest BCUT2D eigenvalue weighted by Crippen LogP contribution is 2.33. The van der Waals surface area contributed by atoms with E-state index in [1.54, 1.807) is 0 Å². The quantitative estimate of drug-likeness (QED) is 0.547. The van der Waals surface area contributed by atoms with Gasteiger partial charge in [-0.05, 0) is 45.1 Å². The Morgan fingerprint density at radius 3 is 2.06 bits per heavy atom. The van der Waals surface area contributed by atoms with Crippen molar-refractivity contribution in [1.29, 1.82) is 0 Å². The zero-order chi connectivity index (χ0) is 13.8. The van der Waals surface area contributed by atoms with E-state index in [1.807, 2.05) is 19.9 Å². The van der Waals surface area contributed by atoms with Crippen molar-refractivity contribution >= 4 is 0 Å². The van der Waals surface area contributed by atoms with Crippen LogP contribution in [0.4, 0.5) is 0 Å². The maximum Gasteiger partial charge on any atom is 0.0988 e. The van der Waals surface area contributed by atoms with Gasteiger partial charge in [0, 0.05) is 0 Å². The Balaban J connectivity index is 2.70. The van der Waals surface area contributed by atoms with Gasteiger partial charge in [0.1, 0.15) is 0 Å². The van der Waals surface area contributed by atoms with E-state index < -0.39 is 0 Å². The average Bonchev–Trinajstić information content (AvgIpc) is 2.26. The third kappa shape index (κ3) is 4.79. The van der Waals surface area contributed by atoms with E-state index in [4.69, 9.17) is 9.78 Å². The van der Waals surface area contributed by atoms with Gasteiger partial charge in [-0.2, -0.15) is 0 Å². The van der Waals surface area contributed by atoms with Crippen molar-refractivity contribution in [2.24, 2.45) is 0 Å².